The zero-order valence-corrected chi connectivity index (χ0v) is 12.9. The van der Waals surface area contributed by atoms with Crippen LogP contribution in [0.4, 0.5) is 34.9 Å². The van der Waals surface area contributed by atoms with Crippen LogP contribution in [0.2, 0.25) is 0 Å². The van der Waals surface area contributed by atoms with E-state index in [0.717, 1.165) is 36.7 Å². The first-order chi connectivity index (χ1) is 12.4. The number of nitrogens with one attached hydrogen (secondary N) is 2. The predicted octanol–water partition coefficient (Wildman–Crippen LogP) is 4.03. The van der Waals surface area contributed by atoms with Gasteiger partial charge in [0.05, 0.1) is 5.56 Å². The molecule has 0 aliphatic heterocycles. The Hall–Kier alpha value is -3.49. The van der Waals surface area contributed by atoms with Gasteiger partial charge in [-0.2, -0.15) is 0 Å². The molecule has 2 aromatic carbocycles. The lowest BCUT2D eigenvalue weighted by Crippen LogP contribution is -2.13. The SMILES string of the molecule is O=C(Nc1ccc(F)c(F)c1)c1cnc(Nc2c(F)cccc2F)nc1. The fourth-order valence-electron chi connectivity index (χ4n) is 2.02. The van der Waals surface area contributed by atoms with Gasteiger partial charge < -0.3 is 10.6 Å². The van der Waals surface area contributed by atoms with Gasteiger partial charge in [-0.05, 0) is 24.3 Å². The minimum Gasteiger partial charge on any atom is -0.322 e. The lowest BCUT2D eigenvalue weighted by Gasteiger charge is -2.08. The molecular weight excluding hydrogens is 352 g/mol. The van der Waals surface area contributed by atoms with Crippen molar-refractivity contribution in [1.82, 2.24) is 9.97 Å². The number of hydrogen-bond donors (Lipinski definition) is 2. The van der Waals surface area contributed by atoms with Crippen molar-refractivity contribution in [2.45, 2.75) is 0 Å². The maximum absolute atomic E-state index is 13.6. The van der Waals surface area contributed by atoms with Crippen LogP contribution in [0.3, 0.4) is 0 Å². The molecule has 5 nitrogen and oxygen atoms in total. The Balaban J connectivity index is 1.72. The summed E-state index contributed by atoms with van der Waals surface area (Å²) in [6, 6.07) is 6.23. The number of hydrogen-bond acceptors (Lipinski definition) is 4. The number of nitrogens with zero attached hydrogens (tertiary/aromatic N) is 2. The Labute approximate surface area is 144 Å². The Bertz CT molecular complexity index is 943. The van der Waals surface area contributed by atoms with E-state index in [1.165, 1.54) is 12.1 Å². The quantitative estimate of drug-likeness (QED) is 0.688. The molecule has 3 aromatic rings. The minimum absolute atomic E-state index is 0.00860. The summed E-state index contributed by atoms with van der Waals surface area (Å²) < 4.78 is 53.1. The molecule has 0 aliphatic rings. The van der Waals surface area contributed by atoms with Crippen LogP contribution >= 0.6 is 0 Å². The van der Waals surface area contributed by atoms with Gasteiger partial charge in [-0.1, -0.05) is 6.07 Å². The summed E-state index contributed by atoms with van der Waals surface area (Å²) in [6.45, 7) is 0. The molecule has 0 saturated carbocycles. The third kappa shape index (κ3) is 3.77. The summed E-state index contributed by atoms with van der Waals surface area (Å²) in [5.74, 6) is -4.59. The Morgan fingerprint density at radius 1 is 0.846 bits per heavy atom. The fourth-order valence-corrected chi connectivity index (χ4v) is 2.02. The molecule has 3 rings (SSSR count). The molecule has 2 N–H and O–H groups in total. The largest absolute Gasteiger partial charge is 0.322 e. The van der Waals surface area contributed by atoms with E-state index >= 15 is 0 Å². The third-order valence-electron chi connectivity index (χ3n) is 3.29. The molecule has 0 spiro atoms. The monoisotopic (exact) mass is 362 g/mol. The third-order valence-corrected chi connectivity index (χ3v) is 3.29. The Morgan fingerprint density at radius 2 is 1.50 bits per heavy atom. The second kappa shape index (κ2) is 7.18. The molecule has 0 unspecified atom stereocenters. The molecule has 0 atom stereocenters. The topological polar surface area (TPSA) is 66.9 Å². The van der Waals surface area contributed by atoms with Crippen molar-refractivity contribution in [3.63, 3.8) is 0 Å². The number of benzene rings is 2. The van der Waals surface area contributed by atoms with Crippen LogP contribution in [0.15, 0.2) is 48.8 Å². The normalized spacial score (nSPS) is 10.5. The predicted molar refractivity (Wildman–Crippen MR) is 86.0 cm³/mol. The van der Waals surface area contributed by atoms with Gasteiger partial charge in [-0.15, -0.1) is 0 Å². The van der Waals surface area contributed by atoms with Crippen LogP contribution < -0.4 is 10.6 Å². The van der Waals surface area contributed by atoms with Crippen LogP contribution in [0.5, 0.6) is 0 Å². The molecule has 132 valence electrons. The summed E-state index contributed by atoms with van der Waals surface area (Å²) in [6.07, 6.45) is 2.23. The highest BCUT2D eigenvalue weighted by atomic mass is 19.2. The first-order valence-electron chi connectivity index (χ1n) is 7.23. The Kier molecular flexibility index (Phi) is 4.78. The first-order valence-corrected chi connectivity index (χ1v) is 7.23. The zero-order valence-electron chi connectivity index (χ0n) is 12.9. The Morgan fingerprint density at radius 3 is 2.12 bits per heavy atom. The molecule has 9 heteroatoms. The standard InChI is InChI=1S/C17H10F4N4O/c18-11-5-4-10(6-14(11)21)24-16(26)9-7-22-17(23-8-9)25-15-12(19)2-1-3-13(15)20/h1-8H,(H,24,26)(H,22,23,25). The van der Waals surface area contributed by atoms with Gasteiger partial charge in [0.2, 0.25) is 5.95 Å². The molecule has 1 amide bonds. The summed E-state index contributed by atoms with van der Waals surface area (Å²) >= 11 is 0. The molecule has 1 heterocycles. The average molecular weight is 362 g/mol. The summed E-state index contributed by atoms with van der Waals surface area (Å²) in [7, 11) is 0. The van der Waals surface area contributed by atoms with Crippen molar-refractivity contribution in [3.05, 3.63) is 77.6 Å². The molecule has 26 heavy (non-hydrogen) atoms. The van der Waals surface area contributed by atoms with Crippen LogP contribution in [0.25, 0.3) is 0 Å². The molecule has 0 aliphatic carbocycles. The minimum atomic E-state index is -1.11. The molecule has 0 fully saturated rings. The van der Waals surface area contributed by atoms with Crippen molar-refractivity contribution >= 4 is 23.2 Å². The lowest BCUT2D eigenvalue weighted by molar-refractivity contribution is 0.102. The molecule has 1 aromatic heterocycles. The summed E-state index contributed by atoms with van der Waals surface area (Å²) in [5.41, 5.74) is -0.370. The molecular formula is C17H10F4N4O. The van der Waals surface area contributed by atoms with Crippen molar-refractivity contribution in [2.75, 3.05) is 10.6 Å². The van der Waals surface area contributed by atoms with E-state index in [4.69, 9.17) is 0 Å². The highest BCUT2D eigenvalue weighted by molar-refractivity contribution is 6.03. The van der Waals surface area contributed by atoms with E-state index < -0.39 is 34.9 Å². The van der Waals surface area contributed by atoms with Gasteiger partial charge in [-0.3, -0.25) is 4.79 Å². The maximum Gasteiger partial charge on any atom is 0.258 e. The van der Waals surface area contributed by atoms with Gasteiger partial charge in [-0.25, -0.2) is 27.5 Å². The van der Waals surface area contributed by atoms with Crippen molar-refractivity contribution in [1.29, 1.82) is 0 Å². The van der Waals surface area contributed by atoms with Gasteiger partial charge >= 0.3 is 0 Å². The number of aromatic nitrogens is 2. The van der Waals surface area contributed by atoms with Crippen LogP contribution in [-0.2, 0) is 0 Å². The van der Waals surface area contributed by atoms with Crippen molar-refractivity contribution < 1.29 is 22.4 Å². The van der Waals surface area contributed by atoms with E-state index in [0.29, 0.717) is 0 Å². The number of carbonyl (C=O) groups is 1. The fraction of sp³-hybridized carbons (Fsp3) is 0. The van der Waals surface area contributed by atoms with Crippen LogP contribution in [0.1, 0.15) is 10.4 Å². The van der Waals surface area contributed by atoms with E-state index in [-0.39, 0.29) is 17.2 Å². The lowest BCUT2D eigenvalue weighted by atomic mass is 10.2. The van der Waals surface area contributed by atoms with Crippen molar-refractivity contribution in [2.24, 2.45) is 0 Å². The maximum atomic E-state index is 13.6. The van der Waals surface area contributed by atoms with E-state index in [2.05, 4.69) is 20.6 Å². The van der Waals surface area contributed by atoms with Crippen LogP contribution in [0, 0.1) is 23.3 Å². The molecule has 0 radical (unpaired) electrons. The molecule has 0 bridgehead atoms. The smallest absolute Gasteiger partial charge is 0.258 e. The second-order valence-corrected chi connectivity index (χ2v) is 5.10. The molecule has 0 saturated heterocycles. The van der Waals surface area contributed by atoms with Gasteiger partial charge in [0.1, 0.15) is 17.3 Å². The highest BCUT2D eigenvalue weighted by Gasteiger charge is 2.12. The summed E-state index contributed by atoms with van der Waals surface area (Å²) in [5, 5.41) is 4.72. The number of carbonyl (C=O) groups excluding carboxylic acids is 1. The van der Waals surface area contributed by atoms with E-state index in [1.54, 1.807) is 0 Å². The number of anilines is 3. The average Bonchev–Trinajstić information content (AvgIpc) is 2.62. The number of halogens is 4. The van der Waals surface area contributed by atoms with E-state index in [9.17, 15) is 22.4 Å². The van der Waals surface area contributed by atoms with Gasteiger partial charge in [0.25, 0.3) is 5.91 Å². The number of para-hydroxylation sites is 1. The van der Waals surface area contributed by atoms with Gasteiger partial charge in [0, 0.05) is 24.1 Å². The van der Waals surface area contributed by atoms with E-state index in [1.807, 2.05) is 0 Å². The second-order valence-electron chi connectivity index (χ2n) is 5.10. The first kappa shape index (κ1) is 17.3. The van der Waals surface area contributed by atoms with Gasteiger partial charge in [0.15, 0.2) is 11.6 Å². The van der Waals surface area contributed by atoms with Crippen molar-refractivity contribution in [3.8, 4) is 0 Å². The number of amides is 1. The zero-order chi connectivity index (χ0) is 18.7. The van der Waals surface area contributed by atoms with Crippen LogP contribution in [-0.4, -0.2) is 15.9 Å². The highest BCUT2D eigenvalue weighted by Crippen LogP contribution is 2.21. The number of rotatable bonds is 4. The summed E-state index contributed by atoms with van der Waals surface area (Å²) in [4.78, 5) is 19.6.